The second kappa shape index (κ2) is 9.53. The van der Waals surface area contributed by atoms with E-state index in [1.807, 2.05) is 48.5 Å². The summed E-state index contributed by atoms with van der Waals surface area (Å²) in [6, 6.07) is 18.0. The average Bonchev–Trinajstić information content (AvgIpc) is 2.80. The summed E-state index contributed by atoms with van der Waals surface area (Å²) in [5, 5.41) is 14.0. The summed E-state index contributed by atoms with van der Waals surface area (Å²) in [5.41, 5.74) is 6.72. The minimum absolute atomic E-state index is 0.127. The Balaban J connectivity index is 1.51. The van der Waals surface area contributed by atoms with Crippen molar-refractivity contribution in [1.29, 1.82) is 5.26 Å². The van der Waals surface area contributed by atoms with Gasteiger partial charge in [0.05, 0.1) is 43.4 Å². The molecule has 2 aromatic rings. The molecule has 1 N–H and O–H groups in total. The van der Waals surface area contributed by atoms with Crippen molar-refractivity contribution in [3.8, 4) is 6.07 Å². The van der Waals surface area contributed by atoms with Gasteiger partial charge in [0.2, 0.25) is 5.91 Å². The van der Waals surface area contributed by atoms with Crippen molar-refractivity contribution in [3.05, 3.63) is 65.2 Å². The van der Waals surface area contributed by atoms with Crippen LogP contribution in [0.1, 0.15) is 23.1 Å². The van der Waals surface area contributed by atoms with Crippen LogP contribution < -0.4 is 10.3 Å². The van der Waals surface area contributed by atoms with Crippen molar-refractivity contribution in [3.63, 3.8) is 0 Å². The summed E-state index contributed by atoms with van der Waals surface area (Å²) >= 11 is 0. The Bertz CT molecular complexity index is 962. The molecular formula is C23H24N4O3. The first-order valence-electron chi connectivity index (χ1n) is 10.1. The third-order valence-electron chi connectivity index (χ3n) is 5.31. The van der Waals surface area contributed by atoms with Crippen LogP contribution in [0.2, 0.25) is 0 Å². The number of morpholine rings is 1. The molecule has 0 aromatic heterocycles. The van der Waals surface area contributed by atoms with Gasteiger partial charge in [-0.15, -0.1) is 0 Å². The second-order valence-electron chi connectivity index (χ2n) is 7.38. The predicted molar refractivity (Wildman–Crippen MR) is 113 cm³/mol. The Labute approximate surface area is 175 Å². The van der Waals surface area contributed by atoms with E-state index in [1.54, 1.807) is 0 Å². The molecule has 7 heteroatoms. The molecule has 2 heterocycles. The number of ether oxygens (including phenoxy) is 2. The number of nitrogens with one attached hydrogen (secondary N) is 1. The third-order valence-corrected chi connectivity index (χ3v) is 5.31. The highest BCUT2D eigenvalue weighted by Gasteiger charge is 2.27. The van der Waals surface area contributed by atoms with Crippen molar-refractivity contribution in [2.45, 2.75) is 13.0 Å². The zero-order chi connectivity index (χ0) is 20.8. The molecule has 1 saturated heterocycles. The Kier molecular flexibility index (Phi) is 6.38. The largest absolute Gasteiger partial charge is 0.378 e. The predicted octanol–water partition coefficient (Wildman–Crippen LogP) is 2.45. The van der Waals surface area contributed by atoms with Gasteiger partial charge in [0, 0.05) is 25.4 Å². The van der Waals surface area contributed by atoms with Crippen molar-refractivity contribution < 1.29 is 14.3 Å². The topological polar surface area (TPSA) is 87.0 Å². The number of carbonyl (C=O) groups excluding carboxylic acids is 1. The number of nitrogens with zero attached hydrogens (tertiary/aromatic N) is 3. The number of hydrogen-bond donors (Lipinski definition) is 1. The monoisotopic (exact) mass is 404 g/mol. The van der Waals surface area contributed by atoms with E-state index in [2.05, 4.69) is 21.5 Å². The van der Waals surface area contributed by atoms with Gasteiger partial charge < -0.3 is 14.4 Å². The Morgan fingerprint density at radius 2 is 2.00 bits per heavy atom. The zero-order valence-electron chi connectivity index (χ0n) is 16.7. The van der Waals surface area contributed by atoms with E-state index in [0.717, 1.165) is 35.6 Å². The number of amides is 1. The van der Waals surface area contributed by atoms with Gasteiger partial charge in [-0.25, -0.2) is 5.43 Å². The standard InChI is InChI=1S/C23H24N4O3/c24-14-19-12-18(6-7-21(19)27-8-10-29-11-9-27)23-20(13-22(28)25-26-23)16-30-15-17-4-2-1-3-5-17/h1-7,12,20H,8-11,13,15-16H2,(H,25,28). The van der Waals surface area contributed by atoms with Crippen molar-refractivity contribution in [1.82, 2.24) is 5.43 Å². The molecule has 30 heavy (non-hydrogen) atoms. The average molecular weight is 404 g/mol. The Hall–Kier alpha value is -3.21. The van der Waals surface area contributed by atoms with Crippen LogP contribution in [0.15, 0.2) is 53.6 Å². The van der Waals surface area contributed by atoms with Gasteiger partial charge in [-0.2, -0.15) is 10.4 Å². The van der Waals surface area contributed by atoms with E-state index >= 15 is 0 Å². The maximum absolute atomic E-state index is 11.9. The lowest BCUT2D eigenvalue weighted by Crippen LogP contribution is -2.37. The Morgan fingerprint density at radius 3 is 2.77 bits per heavy atom. The van der Waals surface area contributed by atoms with Gasteiger partial charge in [0.15, 0.2) is 0 Å². The maximum Gasteiger partial charge on any atom is 0.240 e. The molecule has 0 radical (unpaired) electrons. The molecule has 7 nitrogen and oxygen atoms in total. The highest BCUT2D eigenvalue weighted by Crippen LogP contribution is 2.26. The lowest BCUT2D eigenvalue weighted by atomic mass is 9.91. The van der Waals surface area contributed by atoms with Crippen molar-refractivity contribution in [2.75, 3.05) is 37.8 Å². The zero-order valence-corrected chi connectivity index (χ0v) is 16.7. The number of hydrogen-bond acceptors (Lipinski definition) is 6. The highest BCUT2D eigenvalue weighted by atomic mass is 16.5. The molecule has 2 aliphatic heterocycles. The summed E-state index contributed by atoms with van der Waals surface area (Å²) < 4.78 is 11.3. The van der Waals surface area contributed by atoms with Gasteiger partial charge in [0.25, 0.3) is 0 Å². The molecule has 4 rings (SSSR count). The molecule has 0 aliphatic carbocycles. The van der Waals surface area contributed by atoms with Crippen LogP contribution in [0.4, 0.5) is 5.69 Å². The molecule has 154 valence electrons. The molecule has 2 aliphatic rings. The van der Waals surface area contributed by atoms with Crippen LogP contribution in [0.25, 0.3) is 0 Å². The summed E-state index contributed by atoms with van der Waals surface area (Å²) in [5.74, 6) is -0.291. The van der Waals surface area contributed by atoms with Crippen LogP contribution in [0.3, 0.4) is 0 Å². The fraction of sp³-hybridized carbons (Fsp3) is 0.348. The number of anilines is 1. The van der Waals surface area contributed by atoms with E-state index in [-0.39, 0.29) is 11.8 Å². The van der Waals surface area contributed by atoms with Crippen LogP contribution >= 0.6 is 0 Å². The van der Waals surface area contributed by atoms with E-state index in [9.17, 15) is 10.1 Å². The van der Waals surface area contributed by atoms with Crippen LogP contribution in [0, 0.1) is 17.2 Å². The summed E-state index contributed by atoms with van der Waals surface area (Å²) in [6.07, 6.45) is 0.306. The van der Waals surface area contributed by atoms with Gasteiger partial charge in [-0.3, -0.25) is 4.79 Å². The van der Waals surface area contributed by atoms with Gasteiger partial charge >= 0.3 is 0 Å². The number of nitriles is 1. The minimum atomic E-state index is -0.164. The summed E-state index contributed by atoms with van der Waals surface area (Å²) in [6.45, 7) is 3.71. The minimum Gasteiger partial charge on any atom is -0.378 e. The molecule has 1 fully saturated rings. The normalized spacial score (nSPS) is 19.0. The van der Waals surface area contributed by atoms with E-state index in [0.29, 0.717) is 38.4 Å². The summed E-state index contributed by atoms with van der Waals surface area (Å²) in [4.78, 5) is 14.1. The summed E-state index contributed by atoms with van der Waals surface area (Å²) in [7, 11) is 0. The first-order valence-corrected chi connectivity index (χ1v) is 10.1. The molecule has 0 spiro atoms. The second-order valence-corrected chi connectivity index (χ2v) is 7.38. The fourth-order valence-electron chi connectivity index (χ4n) is 3.78. The number of hydrazone groups is 1. The maximum atomic E-state index is 11.9. The first-order chi connectivity index (χ1) is 14.7. The molecule has 1 unspecified atom stereocenters. The van der Waals surface area contributed by atoms with Gasteiger partial charge in [-0.05, 0) is 23.3 Å². The van der Waals surface area contributed by atoms with Crippen LogP contribution in [0.5, 0.6) is 0 Å². The van der Waals surface area contributed by atoms with Crippen molar-refractivity contribution >= 4 is 17.3 Å². The van der Waals surface area contributed by atoms with Gasteiger partial charge in [-0.1, -0.05) is 36.4 Å². The van der Waals surface area contributed by atoms with E-state index in [4.69, 9.17) is 9.47 Å². The molecule has 2 aromatic carbocycles. The molecule has 1 atom stereocenters. The fourth-order valence-corrected chi connectivity index (χ4v) is 3.78. The van der Waals surface area contributed by atoms with Crippen LogP contribution in [-0.4, -0.2) is 44.5 Å². The van der Waals surface area contributed by atoms with Crippen molar-refractivity contribution in [2.24, 2.45) is 11.0 Å². The number of benzene rings is 2. The van der Waals surface area contributed by atoms with E-state index < -0.39 is 0 Å². The lowest BCUT2D eigenvalue weighted by molar-refractivity contribution is -0.122. The highest BCUT2D eigenvalue weighted by molar-refractivity contribution is 6.06. The van der Waals surface area contributed by atoms with E-state index in [1.165, 1.54) is 0 Å². The molecule has 1 amide bonds. The quantitative estimate of drug-likeness (QED) is 0.799. The van der Waals surface area contributed by atoms with Gasteiger partial charge in [0.1, 0.15) is 6.07 Å². The SMILES string of the molecule is N#Cc1cc(C2=NNC(=O)CC2COCc2ccccc2)ccc1N1CCOCC1. The number of rotatable bonds is 6. The number of carbonyl (C=O) groups is 1. The van der Waals surface area contributed by atoms with Crippen LogP contribution in [-0.2, 0) is 20.9 Å². The lowest BCUT2D eigenvalue weighted by Gasteiger charge is -2.30. The Morgan fingerprint density at radius 1 is 1.20 bits per heavy atom. The first kappa shape index (κ1) is 20.1. The smallest absolute Gasteiger partial charge is 0.240 e. The molecular weight excluding hydrogens is 380 g/mol. The molecule has 0 bridgehead atoms. The molecule has 0 saturated carbocycles. The third kappa shape index (κ3) is 4.67.